The molecule has 2 rings (SSSR count). The summed E-state index contributed by atoms with van der Waals surface area (Å²) in [7, 11) is 3.45. The van der Waals surface area contributed by atoms with Crippen LogP contribution in [0.15, 0.2) is 30.3 Å². The van der Waals surface area contributed by atoms with Crippen molar-refractivity contribution in [3.05, 3.63) is 52.2 Å². The van der Waals surface area contributed by atoms with E-state index in [9.17, 15) is 0 Å². The number of aromatic nitrogens is 2. The van der Waals surface area contributed by atoms with Crippen LogP contribution in [0.3, 0.4) is 0 Å². The number of rotatable bonds is 4. The van der Waals surface area contributed by atoms with Gasteiger partial charge in [0, 0.05) is 11.1 Å². The molecule has 1 unspecified atom stereocenters. The monoisotopic (exact) mass is 277 g/mol. The lowest BCUT2D eigenvalue weighted by Crippen LogP contribution is -2.19. The van der Waals surface area contributed by atoms with E-state index >= 15 is 0 Å². The van der Waals surface area contributed by atoms with E-state index < -0.39 is 0 Å². The minimum atomic E-state index is -0.0449. The van der Waals surface area contributed by atoms with Crippen molar-refractivity contribution < 1.29 is 4.74 Å². The standard InChI is InChI=1S/C14H16ClN3O/c1-9-4-5-10(8-11(9)15)14(16-2)12-6-7-13(19-3)18-17-12/h4-8,14,16H,1-3H3. The van der Waals surface area contributed by atoms with Gasteiger partial charge < -0.3 is 10.1 Å². The van der Waals surface area contributed by atoms with E-state index in [0.29, 0.717) is 5.88 Å². The molecule has 0 spiro atoms. The van der Waals surface area contributed by atoms with Gasteiger partial charge in [-0.3, -0.25) is 0 Å². The van der Waals surface area contributed by atoms with Gasteiger partial charge in [-0.2, -0.15) is 0 Å². The molecule has 2 aromatic rings. The summed E-state index contributed by atoms with van der Waals surface area (Å²) in [5, 5.41) is 12.1. The van der Waals surface area contributed by atoms with E-state index in [4.69, 9.17) is 16.3 Å². The summed E-state index contributed by atoms with van der Waals surface area (Å²) in [5.74, 6) is 0.501. The van der Waals surface area contributed by atoms with Crippen LogP contribution in [-0.2, 0) is 0 Å². The van der Waals surface area contributed by atoms with Crippen LogP contribution in [0, 0.1) is 6.92 Å². The van der Waals surface area contributed by atoms with E-state index in [1.807, 2.05) is 38.2 Å². The highest BCUT2D eigenvalue weighted by Crippen LogP contribution is 2.25. The highest BCUT2D eigenvalue weighted by Gasteiger charge is 2.15. The Morgan fingerprint density at radius 1 is 1.21 bits per heavy atom. The summed E-state index contributed by atoms with van der Waals surface area (Å²) in [6.07, 6.45) is 0. The Bertz CT molecular complexity index is 557. The molecular formula is C14H16ClN3O. The van der Waals surface area contributed by atoms with E-state index in [2.05, 4.69) is 15.5 Å². The molecule has 1 N–H and O–H groups in total. The second-order valence-electron chi connectivity index (χ2n) is 4.23. The zero-order valence-electron chi connectivity index (χ0n) is 11.1. The van der Waals surface area contributed by atoms with Gasteiger partial charge in [0.05, 0.1) is 18.8 Å². The second-order valence-corrected chi connectivity index (χ2v) is 4.64. The largest absolute Gasteiger partial charge is 0.480 e. The zero-order valence-corrected chi connectivity index (χ0v) is 11.9. The van der Waals surface area contributed by atoms with Crippen molar-refractivity contribution in [3.8, 4) is 5.88 Å². The second kappa shape index (κ2) is 5.99. The topological polar surface area (TPSA) is 47.0 Å². The molecule has 1 aromatic carbocycles. The number of hydrogen-bond donors (Lipinski definition) is 1. The van der Waals surface area contributed by atoms with Gasteiger partial charge in [0.15, 0.2) is 0 Å². The van der Waals surface area contributed by atoms with E-state index in [1.54, 1.807) is 13.2 Å². The molecular weight excluding hydrogens is 262 g/mol. The van der Waals surface area contributed by atoms with Gasteiger partial charge in [-0.25, -0.2) is 0 Å². The smallest absolute Gasteiger partial charge is 0.233 e. The first-order valence-electron chi connectivity index (χ1n) is 5.96. The molecule has 1 aromatic heterocycles. The van der Waals surface area contributed by atoms with Crippen LogP contribution >= 0.6 is 11.6 Å². The van der Waals surface area contributed by atoms with Crippen LogP contribution in [0.5, 0.6) is 5.88 Å². The van der Waals surface area contributed by atoms with Gasteiger partial charge in [0.1, 0.15) is 0 Å². The Hall–Kier alpha value is -1.65. The molecule has 1 atom stereocenters. The fourth-order valence-corrected chi connectivity index (χ4v) is 2.06. The molecule has 0 amide bonds. The average Bonchev–Trinajstić information content (AvgIpc) is 2.44. The molecule has 4 nitrogen and oxygen atoms in total. The van der Waals surface area contributed by atoms with Crippen molar-refractivity contribution in [1.82, 2.24) is 15.5 Å². The third-order valence-electron chi connectivity index (χ3n) is 2.98. The number of hydrogen-bond acceptors (Lipinski definition) is 4. The summed E-state index contributed by atoms with van der Waals surface area (Å²) < 4.78 is 5.01. The molecule has 0 aliphatic rings. The molecule has 0 fully saturated rings. The Balaban J connectivity index is 2.34. The van der Waals surface area contributed by atoms with Crippen LogP contribution in [0.2, 0.25) is 5.02 Å². The van der Waals surface area contributed by atoms with Crippen molar-refractivity contribution in [2.75, 3.05) is 14.2 Å². The number of aryl methyl sites for hydroxylation is 1. The zero-order chi connectivity index (χ0) is 13.8. The van der Waals surface area contributed by atoms with E-state index in [0.717, 1.165) is 21.8 Å². The first-order valence-corrected chi connectivity index (χ1v) is 6.34. The summed E-state index contributed by atoms with van der Waals surface area (Å²) in [4.78, 5) is 0. The molecule has 1 heterocycles. The SMILES string of the molecule is CNC(c1ccc(C)c(Cl)c1)c1ccc(OC)nn1. The Labute approximate surface area is 117 Å². The lowest BCUT2D eigenvalue weighted by atomic mass is 10.0. The van der Waals surface area contributed by atoms with Gasteiger partial charge in [-0.1, -0.05) is 23.7 Å². The summed E-state index contributed by atoms with van der Waals surface area (Å²) >= 11 is 6.17. The third-order valence-corrected chi connectivity index (χ3v) is 3.39. The predicted molar refractivity (Wildman–Crippen MR) is 75.7 cm³/mol. The fourth-order valence-electron chi connectivity index (χ4n) is 1.87. The fraction of sp³-hybridized carbons (Fsp3) is 0.286. The van der Waals surface area contributed by atoms with Gasteiger partial charge in [-0.15, -0.1) is 10.2 Å². The van der Waals surface area contributed by atoms with E-state index in [-0.39, 0.29) is 6.04 Å². The normalized spacial score (nSPS) is 12.2. The maximum Gasteiger partial charge on any atom is 0.233 e. The number of nitrogens with one attached hydrogen (secondary N) is 1. The highest BCUT2D eigenvalue weighted by atomic mass is 35.5. The van der Waals surface area contributed by atoms with Gasteiger partial charge in [-0.05, 0) is 37.2 Å². The quantitative estimate of drug-likeness (QED) is 0.933. The molecule has 0 aliphatic carbocycles. The average molecular weight is 278 g/mol. The van der Waals surface area contributed by atoms with Gasteiger partial charge >= 0.3 is 0 Å². The maximum absolute atomic E-state index is 6.17. The molecule has 0 radical (unpaired) electrons. The molecule has 5 heteroatoms. The number of nitrogens with zero attached hydrogens (tertiary/aromatic N) is 2. The molecule has 0 saturated heterocycles. The minimum absolute atomic E-state index is 0.0449. The summed E-state index contributed by atoms with van der Waals surface area (Å²) in [6, 6.07) is 9.62. The first kappa shape index (κ1) is 13.8. The Morgan fingerprint density at radius 3 is 2.53 bits per heavy atom. The van der Waals surface area contributed by atoms with Crippen molar-refractivity contribution in [2.24, 2.45) is 0 Å². The van der Waals surface area contributed by atoms with Crippen LogP contribution in [0.4, 0.5) is 0 Å². The minimum Gasteiger partial charge on any atom is -0.480 e. The Morgan fingerprint density at radius 2 is 2.00 bits per heavy atom. The Kier molecular flexibility index (Phi) is 4.35. The maximum atomic E-state index is 6.17. The number of benzene rings is 1. The molecule has 0 aliphatic heterocycles. The lowest BCUT2D eigenvalue weighted by Gasteiger charge is -2.16. The van der Waals surface area contributed by atoms with Crippen LogP contribution in [-0.4, -0.2) is 24.4 Å². The van der Waals surface area contributed by atoms with E-state index in [1.165, 1.54) is 0 Å². The lowest BCUT2D eigenvalue weighted by molar-refractivity contribution is 0.390. The van der Waals surface area contributed by atoms with Gasteiger partial charge in [0.2, 0.25) is 5.88 Å². The molecule has 0 saturated carbocycles. The van der Waals surface area contributed by atoms with Crippen LogP contribution in [0.25, 0.3) is 0 Å². The van der Waals surface area contributed by atoms with Crippen molar-refractivity contribution in [2.45, 2.75) is 13.0 Å². The molecule has 100 valence electrons. The predicted octanol–water partition coefficient (Wildman–Crippen LogP) is 2.76. The van der Waals surface area contributed by atoms with Crippen LogP contribution in [0.1, 0.15) is 22.9 Å². The van der Waals surface area contributed by atoms with Crippen molar-refractivity contribution in [3.63, 3.8) is 0 Å². The third kappa shape index (κ3) is 3.03. The number of methoxy groups -OCH3 is 1. The number of halogens is 1. The first-order chi connectivity index (χ1) is 9.15. The van der Waals surface area contributed by atoms with Crippen molar-refractivity contribution in [1.29, 1.82) is 0 Å². The van der Waals surface area contributed by atoms with Crippen LogP contribution < -0.4 is 10.1 Å². The van der Waals surface area contributed by atoms with Gasteiger partial charge in [0.25, 0.3) is 0 Å². The molecule has 19 heavy (non-hydrogen) atoms. The summed E-state index contributed by atoms with van der Waals surface area (Å²) in [5.41, 5.74) is 2.93. The molecule has 0 bridgehead atoms. The summed E-state index contributed by atoms with van der Waals surface area (Å²) in [6.45, 7) is 1.98. The highest BCUT2D eigenvalue weighted by molar-refractivity contribution is 6.31. The van der Waals surface area contributed by atoms with Crippen molar-refractivity contribution >= 4 is 11.6 Å². The number of ether oxygens (including phenoxy) is 1.